The standard InChI is InChI=1S/C18H30N4O2S/c1-14-9-10-17(18(24)19-11-16(23)12-21(2)3)25-13-22(20-14)15-7-5-4-6-8-15/h10,15H,4-9,11-13H2,1-3H3,(H,19,24)/b17-10-,20-14-. The van der Waals surface area contributed by atoms with E-state index in [-0.39, 0.29) is 18.2 Å². The average molecular weight is 367 g/mol. The first-order chi connectivity index (χ1) is 12.0. The van der Waals surface area contributed by atoms with Crippen molar-refractivity contribution >= 4 is 29.2 Å². The number of Topliss-reactive ketones (excluding diaryl/α,β-unsaturated/α-hetero) is 1. The Hall–Kier alpha value is -1.34. The predicted molar refractivity (Wildman–Crippen MR) is 104 cm³/mol. The van der Waals surface area contributed by atoms with Gasteiger partial charge in [0.25, 0.3) is 5.91 Å². The van der Waals surface area contributed by atoms with Crippen molar-refractivity contribution < 1.29 is 9.59 Å². The average Bonchev–Trinajstić information content (AvgIpc) is 2.56. The Kier molecular flexibility index (Phi) is 7.96. The summed E-state index contributed by atoms with van der Waals surface area (Å²) in [4.78, 5) is 26.7. The van der Waals surface area contributed by atoms with Crippen LogP contribution in [0.25, 0.3) is 0 Å². The van der Waals surface area contributed by atoms with Crippen LogP contribution >= 0.6 is 11.8 Å². The van der Waals surface area contributed by atoms with Crippen LogP contribution in [0.15, 0.2) is 16.1 Å². The third kappa shape index (κ3) is 6.82. The molecule has 2 rings (SSSR count). The van der Waals surface area contributed by atoms with Crippen molar-refractivity contribution in [3.8, 4) is 0 Å². The van der Waals surface area contributed by atoms with Crippen LogP contribution in [-0.4, -0.2) is 66.4 Å². The molecule has 2 aliphatic rings. The number of nitrogens with one attached hydrogen (secondary N) is 1. The summed E-state index contributed by atoms with van der Waals surface area (Å²) in [6.45, 7) is 2.43. The molecule has 0 saturated heterocycles. The zero-order valence-corrected chi connectivity index (χ0v) is 16.4. The van der Waals surface area contributed by atoms with Crippen LogP contribution < -0.4 is 5.32 Å². The molecule has 0 spiro atoms. The van der Waals surface area contributed by atoms with E-state index < -0.39 is 0 Å². The molecule has 1 N–H and O–H groups in total. The monoisotopic (exact) mass is 366 g/mol. The van der Waals surface area contributed by atoms with Crippen LogP contribution in [0.3, 0.4) is 0 Å². The van der Waals surface area contributed by atoms with E-state index in [1.54, 1.807) is 4.90 Å². The third-order valence-electron chi connectivity index (χ3n) is 4.39. The highest BCUT2D eigenvalue weighted by Gasteiger charge is 2.23. The van der Waals surface area contributed by atoms with Crippen molar-refractivity contribution in [1.82, 2.24) is 15.2 Å². The Balaban J connectivity index is 1.91. The van der Waals surface area contributed by atoms with E-state index in [1.165, 1.54) is 43.9 Å². The highest BCUT2D eigenvalue weighted by molar-refractivity contribution is 8.03. The van der Waals surface area contributed by atoms with Gasteiger partial charge in [-0.05, 0) is 33.9 Å². The molecule has 1 amide bonds. The van der Waals surface area contributed by atoms with E-state index in [1.807, 2.05) is 27.1 Å². The molecule has 6 nitrogen and oxygen atoms in total. The minimum Gasteiger partial charge on any atom is -0.344 e. The molecular formula is C18H30N4O2S. The molecule has 1 aliphatic heterocycles. The predicted octanol–water partition coefficient (Wildman–Crippen LogP) is 2.22. The van der Waals surface area contributed by atoms with Crippen LogP contribution in [0, 0.1) is 0 Å². The van der Waals surface area contributed by atoms with Crippen LogP contribution in [0.4, 0.5) is 0 Å². The molecule has 1 saturated carbocycles. The van der Waals surface area contributed by atoms with Crippen molar-refractivity contribution in [2.45, 2.75) is 51.5 Å². The van der Waals surface area contributed by atoms with Gasteiger partial charge in [0.2, 0.25) is 0 Å². The fraction of sp³-hybridized carbons (Fsp3) is 0.722. The number of ketones is 1. The molecule has 0 radical (unpaired) electrons. The Morgan fingerprint density at radius 3 is 2.72 bits per heavy atom. The Morgan fingerprint density at radius 2 is 2.04 bits per heavy atom. The van der Waals surface area contributed by atoms with Gasteiger partial charge in [0.05, 0.1) is 23.9 Å². The van der Waals surface area contributed by atoms with E-state index in [0.717, 1.165) is 5.71 Å². The van der Waals surface area contributed by atoms with Crippen molar-refractivity contribution in [3.63, 3.8) is 0 Å². The minimum absolute atomic E-state index is 0.0105. The molecule has 0 bridgehead atoms. The summed E-state index contributed by atoms with van der Waals surface area (Å²) in [6, 6.07) is 0.486. The fourth-order valence-corrected chi connectivity index (χ4v) is 4.07. The normalized spacial score (nSPS) is 23.9. The van der Waals surface area contributed by atoms with Gasteiger partial charge in [0, 0.05) is 18.2 Å². The van der Waals surface area contributed by atoms with Gasteiger partial charge in [0.15, 0.2) is 5.78 Å². The largest absolute Gasteiger partial charge is 0.344 e. The lowest BCUT2D eigenvalue weighted by Crippen LogP contribution is -2.36. The minimum atomic E-state index is -0.157. The Labute approximate surface area is 155 Å². The lowest BCUT2D eigenvalue weighted by Gasteiger charge is -2.33. The molecule has 25 heavy (non-hydrogen) atoms. The first-order valence-electron chi connectivity index (χ1n) is 9.04. The molecule has 1 fully saturated rings. The third-order valence-corrected chi connectivity index (χ3v) is 5.45. The number of thioether (sulfide) groups is 1. The van der Waals surface area contributed by atoms with Gasteiger partial charge in [-0.25, -0.2) is 0 Å². The number of likely N-dealkylation sites (N-methyl/N-ethyl adjacent to an activating group) is 1. The number of hydrogen-bond donors (Lipinski definition) is 1. The maximum Gasteiger partial charge on any atom is 0.257 e. The number of hydrazone groups is 1. The molecule has 140 valence electrons. The van der Waals surface area contributed by atoms with Gasteiger partial charge in [-0.3, -0.25) is 14.6 Å². The molecule has 1 aliphatic carbocycles. The summed E-state index contributed by atoms with van der Waals surface area (Å²) in [6.07, 6.45) is 8.80. The lowest BCUT2D eigenvalue weighted by atomic mass is 9.95. The SMILES string of the molecule is C/C1=N/N(C2CCCCC2)CS/C(C(=O)NCC(=O)CN(C)C)=C\C1. The van der Waals surface area contributed by atoms with Crippen molar-refractivity contribution in [2.24, 2.45) is 5.10 Å². The molecule has 0 atom stereocenters. The van der Waals surface area contributed by atoms with Crippen molar-refractivity contribution in [3.05, 3.63) is 11.0 Å². The molecular weight excluding hydrogens is 336 g/mol. The van der Waals surface area contributed by atoms with Gasteiger partial charge < -0.3 is 10.2 Å². The lowest BCUT2D eigenvalue weighted by molar-refractivity contribution is -0.123. The van der Waals surface area contributed by atoms with Crippen LogP contribution in [0.1, 0.15) is 45.4 Å². The summed E-state index contributed by atoms with van der Waals surface area (Å²) in [5, 5.41) is 9.67. The first kappa shape index (κ1) is 20.0. The number of carbonyl (C=O) groups excluding carboxylic acids is 2. The topological polar surface area (TPSA) is 65.0 Å². The Morgan fingerprint density at radius 1 is 1.32 bits per heavy atom. The summed E-state index contributed by atoms with van der Waals surface area (Å²) in [5.41, 5.74) is 1.03. The molecule has 0 unspecified atom stereocenters. The fourth-order valence-electron chi connectivity index (χ4n) is 3.12. The number of amides is 1. The van der Waals surface area contributed by atoms with Crippen molar-refractivity contribution in [1.29, 1.82) is 0 Å². The zero-order valence-electron chi connectivity index (χ0n) is 15.6. The van der Waals surface area contributed by atoms with Crippen LogP contribution in [0.5, 0.6) is 0 Å². The summed E-state index contributed by atoms with van der Waals surface area (Å²) in [7, 11) is 3.68. The first-order valence-corrected chi connectivity index (χ1v) is 10.0. The molecule has 0 aromatic carbocycles. The quantitative estimate of drug-likeness (QED) is 0.781. The molecule has 0 aromatic heterocycles. The summed E-state index contributed by atoms with van der Waals surface area (Å²) in [5.74, 6) is 0.541. The maximum atomic E-state index is 12.4. The number of carbonyl (C=O) groups is 2. The number of rotatable bonds is 6. The summed E-state index contributed by atoms with van der Waals surface area (Å²) >= 11 is 1.52. The number of hydrogen-bond acceptors (Lipinski definition) is 6. The van der Waals surface area contributed by atoms with E-state index >= 15 is 0 Å². The van der Waals surface area contributed by atoms with Gasteiger partial charge in [-0.15, -0.1) is 0 Å². The zero-order chi connectivity index (χ0) is 18.2. The van der Waals surface area contributed by atoms with E-state index in [4.69, 9.17) is 5.10 Å². The second-order valence-electron chi connectivity index (χ2n) is 7.07. The number of nitrogens with zero attached hydrogens (tertiary/aromatic N) is 3. The van der Waals surface area contributed by atoms with Crippen molar-refractivity contribution in [2.75, 3.05) is 33.1 Å². The summed E-state index contributed by atoms with van der Waals surface area (Å²) < 4.78 is 0. The smallest absolute Gasteiger partial charge is 0.257 e. The highest BCUT2D eigenvalue weighted by Crippen LogP contribution is 2.28. The second-order valence-corrected chi connectivity index (χ2v) is 8.06. The second kappa shape index (κ2) is 9.97. The molecule has 0 aromatic rings. The van der Waals surface area contributed by atoms with E-state index in [9.17, 15) is 9.59 Å². The Bertz CT molecular complexity index is 539. The molecule has 7 heteroatoms. The van der Waals surface area contributed by atoms with E-state index in [2.05, 4.69) is 10.3 Å². The van der Waals surface area contributed by atoms with Crippen LogP contribution in [-0.2, 0) is 9.59 Å². The van der Waals surface area contributed by atoms with Crippen LogP contribution in [0.2, 0.25) is 0 Å². The van der Waals surface area contributed by atoms with Gasteiger partial charge in [-0.2, -0.15) is 5.10 Å². The maximum absolute atomic E-state index is 12.4. The van der Waals surface area contributed by atoms with Gasteiger partial charge >= 0.3 is 0 Å². The highest BCUT2D eigenvalue weighted by atomic mass is 32.2. The van der Waals surface area contributed by atoms with Gasteiger partial charge in [-0.1, -0.05) is 37.1 Å². The number of allylic oxidation sites excluding steroid dienone is 1. The molecule has 1 heterocycles. The van der Waals surface area contributed by atoms with Gasteiger partial charge in [0.1, 0.15) is 0 Å². The van der Waals surface area contributed by atoms with E-state index in [0.29, 0.717) is 29.8 Å².